The van der Waals surface area contributed by atoms with Crippen LogP contribution in [0.25, 0.3) is 0 Å². The Morgan fingerprint density at radius 2 is 1.61 bits per heavy atom. The Bertz CT molecular complexity index is 220. The van der Waals surface area contributed by atoms with Crippen molar-refractivity contribution in [1.82, 2.24) is 4.90 Å². The van der Waals surface area contributed by atoms with Crippen molar-refractivity contribution >= 4 is 10.8 Å². The first-order chi connectivity index (χ1) is 8.74. The molecule has 1 saturated carbocycles. The summed E-state index contributed by atoms with van der Waals surface area (Å²) in [6.45, 7) is 12.1. The van der Waals surface area contributed by atoms with E-state index in [9.17, 15) is 4.21 Å². The van der Waals surface area contributed by atoms with E-state index in [0.717, 1.165) is 37.7 Å². The maximum absolute atomic E-state index is 11.2. The highest BCUT2D eigenvalue weighted by Gasteiger charge is 2.44. The standard InChI is InChI=1S/C10H19NO2S.2C2H6/c1-13-9-10(2-3-10)8-11-4-6-14(12)7-5-11;2*1-2/h2-9H2,1H3;2*1-2H3. The molecule has 0 bridgehead atoms. The molecule has 0 aromatic heterocycles. The zero-order chi connectivity index (χ0) is 14.0. The van der Waals surface area contributed by atoms with Crippen molar-refractivity contribution in [3.63, 3.8) is 0 Å². The molecule has 1 saturated heterocycles. The van der Waals surface area contributed by atoms with E-state index in [2.05, 4.69) is 4.90 Å². The Hall–Kier alpha value is 0.0700. The molecule has 0 N–H and O–H groups in total. The lowest BCUT2D eigenvalue weighted by Crippen LogP contribution is -2.41. The quantitative estimate of drug-likeness (QED) is 0.791. The topological polar surface area (TPSA) is 29.5 Å². The zero-order valence-electron chi connectivity index (χ0n) is 12.8. The number of nitrogens with zero attached hydrogens (tertiary/aromatic N) is 1. The third-order valence-electron chi connectivity index (χ3n) is 3.24. The highest BCUT2D eigenvalue weighted by atomic mass is 32.2. The number of rotatable bonds is 4. The Kier molecular flexibility index (Phi) is 9.97. The van der Waals surface area contributed by atoms with Gasteiger partial charge in [0.15, 0.2) is 0 Å². The molecule has 0 aromatic rings. The molecular formula is C14H31NO2S. The van der Waals surface area contributed by atoms with Crippen molar-refractivity contribution in [3.05, 3.63) is 0 Å². The Morgan fingerprint density at radius 3 is 2.00 bits per heavy atom. The Balaban J connectivity index is 0.000000659. The van der Waals surface area contributed by atoms with Crippen LogP contribution in [0.2, 0.25) is 0 Å². The van der Waals surface area contributed by atoms with Crippen LogP contribution in [0.15, 0.2) is 0 Å². The van der Waals surface area contributed by atoms with Crippen molar-refractivity contribution < 1.29 is 8.95 Å². The minimum Gasteiger partial charge on any atom is -0.384 e. The van der Waals surface area contributed by atoms with Gasteiger partial charge in [0.05, 0.1) is 6.61 Å². The molecule has 2 rings (SSSR count). The van der Waals surface area contributed by atoms with Crippen molar-refractivity contribution in [2.24, 2.45) is 5.41 Å². The van der Waals surface area contributed by atoms with Crippen molar-refractivity contribution in [2.75, 3.05) is 44.9 Å². The molecule has 18 heavy (non-hydrogen) atoms. The molecule has 1 aliphatic carbocycles. The average Bonchev–Trinajstić information content (AvgIpc) is 3.17. The molecule has 0 unspecified atom stereocenters. The van der Waals surface area contributed by atoms with Crippen molar-refractivity contribution in [1.29, 1.82) is 0 Å². The molecule has 3 nitrogen and oxygen atoms in total. The van der Waals surface area contributed by atoms with E-state index in [1.165, 1.54) is 12.8 Å². The third kappa shape index (κ3) is 6.30. The summed E-state index contributed by atoms with van der Waals surface area (Å²) in [5, 5.41) is 0. The number of ether oxygens (including phenoxy) is 1. The Morgan fingerprint density at radius 1 is 1.11 bits per heavy atom. The molecule has 1 aliphatic heterocycles. The summed E-state index contributed by atoms with van der Waals surface area (Å²) in [4.78, 5) is 2.45. The lowest BCUT2D eigenvalue weighted by molar-refractivity contribution is 0.111. The molecule has 1 heterocycles. The van der Waals surface area contributed by atoms with Gasteiger partial charge in [0, 0.05) is 54.5 Å². The summed E-state index contributed by atoms with van der Waals surface area (Å²) >= 11 is 0. The number of hydrogen-bond acceptors (Lipinski definition) is 3. The van der Waals surface area contributed by atoms with Crippen molar-refractivity contribution in [2.45, 2.75) is 40.5 Å². The molecule has 0 amide bonds. The first kappa shape index (κ1) is 18.1. The molecule has 0 aromatic carbocycles. The van der Waals surface area contributed by atoms with E-state index in [-0.39, 0.29) is 0 Å². The minimum absolute atomic E-state index is 0.452. The monoisotopic (exact) mass is 277 g/mol. The maximum atomic E-state index is 11.2. The van der Waals surface area contributed by atoms with Crippen LogP contribution in [0.3, 0.4) is 0 Å². The van der Waals surface area contributed by atoms with Gasteiger partial charge in [0.25, 0.3) is 0 Å². The van der Waals surface area contributed by atoms with Gasteiger partial charge < -0.3 is 9.64 Å². The predicted octanol–water partition coefficient (Wildman–Crippen LogP) is 2.53. The molecule has 2 aliphatic rings. The average molecular weight is 277 g/mol. The lowest BCUT2D eigenvalue weighted by Gasteiger charge is -2.29. The van der Waals surface area contributed by atoms with Crippen LogP contribution in [-0.2, 0) is 15.5 Å². The molecule has 0 radical (unpaired) electrons. The van der Waals surface area contributed by atoms with E-state index < -0.39 is 10.8 Å². The second-order valence-electron chi connectivity index (χ2n) is 4.56. The summed E-state index contributed by atoms with van der Waals surface area (Å²) in [6, 6.07) is 0. The van der Waals surface area contributed by atoms with E-state index >= 15 is 0 Å². The van der Waals surface area contributed by atoms with Gasteiger partial charge in [-0.3, -0.25) is 4.21 Å². The van der Waals surface area contributed by atoms with E-state index in [4.69, 9.17) is 4.74 Å². The second-order valence-corrected chi connectivity index (χ2v) is 6.25. The molecule has 0 atom stereocenters. The van der Waals surface area contributed by atoms with Gasteiger partial charge in [-0.25, -0.2) is 0 Å². The first-order valence-electron chi connectivity index (χ1n) is 7.30. The summed E-state index contributed by atoms with van der Waals surface area (Å²) in [5.41, 5.74) is 0.452. The van der Waals surface area contributed by atoms with Gasteiger partial charge in [0.1, 0.15) is 0 Å². The predicted molar refractivity (Wildman–Crippen MR) is 80.6 cm³/mol. The smallest absolute Gasteiger partial charge is 0.0530 e. The highest BCUT2D eigenvalue weighted by Crippen LogP contribution is 2.46. The second kappa shape index (κ2) is 9.93. The van der Waals surface area contributed by atoms with Gasteiger partial charge in [-0.2, -0.15) is 0 Å². The highest BCUT2D eigenvalue weighted by molar-refractivity contribution is 7.85. The van der Waals surface area contributed by atoms with Crippen LogP contribution >= 0.6 is 0 Å². The molecule has 110 valence electrons. The molecule has 2 fully saturated rings. The summed E-state index contributed by atoms with van der Waals surface area (Å²) in [7, 11) is 1.24. The fourth-order valence-corrected chi connectivity index (χ4v) is 3.27. The largest absolute Gasteiger partial charge is 0.384 e. The van der Waals surface area contributed by atoms with Gasteiger partial charge in [-0.1, -0.05) is 27.7 Å². The van der Waals surface area contributed by atoms with Crippen LogP contribution in [-0.4, -0.2) is 54.0 Å². The molecule has 0 spiro atoms. The van der Waals surface area contributed by atoms with E-state index in [1.54, 1.807) is 7.11 Å². The van der Waals surface area contributed by atoms with Gasteiger partial charge in [-0.05, 0) is 12.8 Å². The van der Waals surface area contributed by atoms with Crippen LogP contribution in [0.4, 0.5) is 0 Å². The van der Waals surface area contributed by atoms with E-state index in [0.29, 0.717) is 5.41 Å². The summed E-state index contributed by atoms with van der Waals surface area (Å²) in [6.07, 6.45) is 2.61. The Labute approximate surface area is 116 Å². The molecule has 4 heteroatoms. The maximum Gasteiger partial charge on any atom is 0.0530 e. The van der Waals surface area contributed by atoms with Crippen LogP contribution in [0, 0.1) is 5.41 Å². The number of hydrogen-bond donors (Lipinski definition) is 0. The fourth-order valence-electron chi connectivity index (χ4n) is 2.14. The van der Waals surface area contributed by atoms with Crippen molar-refractivity contribution in [3.8, 4) is 0 Å². The van der Waals surface area contributed by atoms with Crippen LogP contribution < -0.4 is 0 Å². The zero-order valence-corrected chi connectivity index (χ0v) is 13.6. The summed E-state index contributed by atoms with van der Waals surface area (Å²) in [5.74, 6) is 1.73. The SMILES string of the molecule is CC.CC.COCC1(CN2CCS(=O)CC2)CC1. The first-order valence-corrected chi connectivity index (χ1v) is 8.79. The van der Waals surface area contributed by atoms with Crippen LogP contribution in [0.1, 0.15) is 40.5 Å². The van der Waals surface area contributed by atoms with Gasteiger partial charge in [-0.15, -0.1) is 0 Å². The summed E-state index contributed by atoms with van der Waals surface area (Å²) < 4.78 is 16.4. The van der Waals surface area contributed by atoms with Gasteiger partial charge in [0.2, 0.25) is 0 Å². The normalized spacial score (nSPS) is 22.3. The van der Waals surface area contributed by atoms with E-state index in [1.807, 2.05) is 27.7 Å². The minimum atomic E-state index is -0.546. The van der Waals surface area contributed by atoms with Gasteiger partial charge >= 0.3 is 0 Å². The van der Waals surface area contributed by atoms with Crippen LogP contribution in [0.5, 0.6) is 0 Å². The third-order valence-corrected chi connectivity index (χ3v) is 4.51. The number of methoxy groups -OCH3 is 1. The fraction of sp³-hybridized carbons (Fsp3) is 1.00. The lowest BCUT2D eigenvalue weighted by atomic mass is 10.1. The molecular weight excluding hydrogens is 246 g/mol.